The maximum absolute atomic E-state index is 12.0. The second-order valence-electron chi connectivity index (χ2n) is 6.21. The predicted octanol–water partition coefficient (Wildman–Crippen LogP) is 6.03. The summed E-state index contributed by atoms with van der Waals surface area (Å²) in [5, 5.41) is 3.85. The quantitative estimate of drug-likeness (QED) is 0.426. The van der Waals surface area contributed by atoms with Gasteiger partial charge in [-0.1, -0.05) is 42.5 Å². The Morgan fingerprint density at radius 2 is 1.79 bits per heavy atom. The minimum absolute atomic E-state index is 0.208. The van der Waals surface area contributed by atoms with Gasteiger partial charge in [0.2, 0.25) is 5.91 Å². The number of amides is 1. The van der Waals surface area contributed by atoms with E-state index in [4.69, 9.17) is 9.40 Å². The first-order valence-corrected chi connectivity index (χ1v) is 9.66. The molecule has 138 valence electrons. The fourth-order valence-corrected chi connectivity index (χ4v) is 3.75. The molecule has 0 spiro atoms. The second kappa shape index (κ2) is 8.06. The van der Waals surface area contributed by atoms with Crippen molar-refractivity contribution < 1.29 is 9.21 Å². The molecule has 2 heterocycles. The summed E-state index contributed by atoms with van der Waals surface area (Å²) in [5.41, 5.74) is 3.85. The molecule has 0 bridgehead atoms. The highest BCUT2D eigenvalue weighted by molar-refractivity contribution is 7.15. The van der Waals surface area contributed by atoms with E-state index in [0.717, 1.165) is 32.4 Å². The summed E-state index contributed by atoms with van der Waals surface area (Å²) in [6.45, 7) is 2.08. The lowest BCUT2D eigenvalue weighted by molar-refractivity contribution is -0.111. The first-order chi connectivity index (χ1) is 13.7. The largest absolute Gasteiger partial charge is 0.465 e. The Kier molecular flexibility index (Phi) is 5.17. The van der Waals surface area contributed by atoms with Crippen LogP contribution in [0.25, 0.3) is 27.9 Å². The molecular weight excluding hydrogens is 368 g/mol. The maximum atomic E-state index is 12.0. The summed E-state index contributed by atoms with van der Waals surface area (Å²) >= 11 is 1.68. The number of benzene rings is 2. The van der Waals surface area contributed by atoms with Crippen LogP contribution in [-0.2, 0) is 4.79 Å². The third kappa shape index (κ3) is 4.10. The highest BCUT2D eigenvalue weighted by Crippen LogP contribution is 2.33. The zero-order valence-electron chi connectivity index (χ0n) is 15.3. The van der Waals surface area contributed by atoms with Crippen molar-refractivity contribution in [1.82, 2.24) is 4.98 Å². The van der Waals surface area contributed by atoms with Crippen molar-refractivity contribution in [3.63, 3.8) is 0 Å². The van der Waals surface area contributed by atoms with Gasteiger partial charge in [-0.25, -0.2) is 4.98 Å². The number of hydrogen-bond acceptors (Lipinski definition) is 4. The number of carbonyl (C=O) groups is 1. The average Bonchev–Trinajstić information content (AvgIpc) is 3.37. The normalized spacial score (nSPS) is 11.0. The number of thiazole rings is 1. The lowest BCUT2D eigenvalue weighted by Crippen LogP contribution is -2.07. The van der Waals surface area contributed by atoms with Crippen molar-refractivity contribution >= 4 is 29.0 Å². The van der Waals surface area contributed by atoms with Crippen LogP contribution in [0.2, 0.25) is 0 Å². The van der Waals surface area contributed by atoms with Gasteiger partial charge < -0.3 is 9.73 Å². The Balaban J connectivity index is 1.48. The molecule has 1 N–H and O–H groups in total. The van der Waals surface area contributed by atoms with E-state index in [0.29, 0.717) is 5.76 Å². The van der Waals surface area contributed by atoms with E-state index in [1.807, 2.05) is 42.5 Å². The fourth-order valence-electron chi connectivity index (χ4n) is 2.81. The molecule has 0 atom stereocenters. The number of nitrogens with zero attached hydrogens (tertiary/aromatic N) is 1. The van der Waals surface area contributed by atoms with Gasteiger partial charge in [0.1, 0.15) is 10.8 Å². The molecule has 2 aromatic heterocycles. The molecule has 0 fully saturated rings. The molecule has 0 radical (unpaired) electrons. The van der Waals surface area contributed by atoms with E-state index in [9.17, 15) is 4.79 Å². The molecule has 2 aromatic carbocycles. The number of carbonyl (C=O) groups excluding carboxylic acids is 1. The van der Waals surface area contributed by atoms with E-state index >= 15 is 0 Å². The summed E-state index contributed by atoms with van der Waals surface area (Å²) in [4.78, 5) is 18.0. The molecule has 4 nitrogen and oxygen atoms in total. The van der Waals surface area contributed by atoms with Crippen molar-refractivity contribution in [2.24, 2.45) is 0 Å². The van der Waals surface area contributed by atoms with Crippen LogP contribution in [0, 0.1) is 6.92 Å². The minimum Gasteiger partial charge on any atom is -0.465 e. The van der Waals surface area contributed by atoms with Gasteiger partial charge in [0, 0.05) is 27.8 Å². The molecule has 0 unspecified atom stereocenters. The van der Waals surface area contributed by atoms with E-state index < -0.39 is 0 Å². The summed E-state index contributed by atoms with van der Waals surface area (Å²) in [6.07, 6.45) is 4.65. The van der Waals surface area contributed by atoms with Crippen molar-refractivity contribution in [2.45, 2.75) is 6.92 Å². The van der Waals surface area contributed by atoms with Crippen LogP contribution in [0.5, 0.6) is 0 Å². The van der Waals surface area contributed by atoms with Crippen LogP contribution >= 0.6 is 11.3 Å². The van der Waals surface area contributed by atoms with Crippen LogP contribution in [-0.4, -0.2) is 10.9 Å². The summed E-state index contributed by atoms with van der Waals surface area (Å²) < 4.78 is 5.17. The Hall–Kier alpha value is -3.44. The first kappa shape index (κ1) is 17.9. The van der Waals surface area contributed by atoms with Gasteiger partial charge in [-0.2, -0.15) is 0 Å². The van der Waals surface area contributed by atoms with Gasteiger partial charge in [0.15, 0.2) is 0 Å². The van der Waals surface area contributed by atoms with Crippen LogP contribution in [0.3, 0.4) is 0 Å². The minimum atomic E-state index is -0.208. The number of furan rings is 1. The topological polar surface area (TPSA) is 55.1 Å². The van der Waals surface area contributed by atoms with E-state index in [-0.39, 0.29) is 5.91 Å². The highest BCUT2D eigenvalue weighted by atomic mass is 32.1. The van der Waals surface area contributed by atoms with Crippen LogP contribution in [0.15, 0.2) is 83.5 Å². The molecule has 0 aliphatic heterocycles. The molecule has 4 aromatic rings. The van der Waals surface area contributed by atoms with Crippen LogP contribution < -0.4 is 5.32 Å². The summed E-state index contributed by atoms with van der Waals surface area (Å²) in [5.74, 6) is 0.430. The Labute approximate surface area is 167 Å². The number of rotatable bonds is 5. The van der Waals surface area contributed by atoms with Gasteiger partial charge in [-0.15, -0.1) is 11.3 Å². The zero-order chi connectivity index (χ0) is 19.3. The van der Waals surface area contributed by atoms with Crippen molar-refractivity contribution in [2.75, 3.05) is 5.32 Å². The molecule has 0 aliphatic carbocycles. The number of nitrogens with one attached hydrogen (secondary N) is 1. The number of aromatic nitrogens is 1. The molecule has 0 saturated carbocycles. The number of anilines is 1. The fraction of sp³-hybridized carbons (Fsp3) is 0.0435. The second-order valence-corrected chi connectivity index (χ2v) is 7.41. The summed E-state index contributed by atoms with van der Waals surface area (Å²) in [7, 11) is 0. The van der Waals surface area contributed by atoms with E-state index in [2.05, 4.69) is 24.4 Å². The SMILES string of the molecule is Cc1sc(-c2ccccc2)nc1-c1ccc(NC(=O)/C=C/c2ccco2)cc1. The van der Waals surface area contributed by atoms with Crippen molar-refractivity contribution in [3.05, 3.63) is 89.7 Å². The van der Waals surface area contributed by atoms with E-state index in [1.54, 1.807) is 35.8 Å². The average molecular weight is 386 g/mol. The maximum Gasteiger partial charge on any atom is 0.248 e. The molecule has 0 aliphatic rings. The van der Waals surface area contributed by atoms with Gasteiger partial charge in [0.25, 0.3) is 0 Å². The molecule has 4 rings (SSSR count). The van der Waals surface area contributed by atoms with Gasteiger partial charge >= 0.3 is 0 Å². The lowest BCUT2D eigenvalue weighted by atomic mass is 10.1. The Morgan fingerprint density at radius 3 is 2.50 bits per heavy atom. The predicted molar refractivity (Wildman–Crippen MR) is 114 cm³/mol. The molecule has 28 heavy (non-hydrogen) atoms. The van der Waals surface area contributed by atoms with Gasteiger partial charge in [-0.05, 0) is 37.3 Å². The lowest BCUT2D eigenvalue weighted by Gasteiger charge is -2.04. The van der Waals surface area contributed by atoms with Gasteiger partial charge in [-0.3, -0.25) is 4.79 Å². The summed E-state index contributed by atoms with van der Waals surface area (Å²) in [6, 6.07) is 21.5. The third-order valence-corrected chi connectivity index (χ3v) is 5.21. The Morgan fingerprint density at radius 1 is 1.00 bits per heavy atom. The smallest absolute Gasteiger partial charge is 0.248 e. The molecule has 5 heteroatoms. The van der Waals surface area contributed by atoms with Crippen LogP contribution in [0.1, 0.15) is 10.6 Å². The molecule has 1 amide bonds. The number of hydrogen-bond donors (Lipinski definition) is 1. The monoisotopic (exact) mass is 386 g/mol. The molecule has 0 saturated heterocycles. The Bertz CT molecular complexity index is 1100. The molecular formula is C23H18N2O2S. The van der Waals surface area contributed by atoms with E-state index in [1.165, 1.54) is 6.08 Å². The van der Waals surface area contributed by atoms with Crippen molar-refractivity contribution in [1.29, 1.82) is 0 Å². The highest BCUT2D eigenvalue weighted by Gasteiger charge is 2.11. The first-order valence-electron chi connectivity index (χ1n) is 8.85. The van der Waals surface area contributed by atoms with Crippen LogP contribution in [0.4, 0.5) is 5.69 Å². The third-order valence-electron chi connectivity index (χ3n) is 4.19. The number of aryl methyl sites for hydroxylation is 1. The van der Waals surface area contributed by atoms with Crippen molar-refractivity contribution in [3.8, 4) is 21.8 Å². The zero-order valence-corrected chi connectivity index (χ0v) is 16.1. The van der Waals surface area contributed by atoms with Gasteiger partial charge in [0.05, 0.1) is 12.0 Å². The standard InChI is InChI=1S/C23H18N2O2S/c1-16-22(25-23(28-16)18-6-3-2-4-7-18)17-9-11-19(12-10-17)24-21(26)14-13-20-8-5-15-27-20/h2-15H,1H3,(H,24,26)/b14-13+.